The molecule has 0 atom stereocenters. The SMILES string of the molecule is COc1cccc(CNc2ccc(C(=O)O)c(Br)c2F)c1. The molecule has 0 unspecified atom stereocenters. The fourth-order valence-corrected chi connectivity index (χ4v) is 2.35. The molecule has 4 nitrogen and oxygen atoms in total. The van der Waals surface area contributed by atoms with Crippen molar-refractivity contribution >= 4 is 27.6 Å². The molecule has 0 aliphatic rings. The van der Waals surface area contributed by atoms with Crippen LogP contribution in [0, 0.1) is 5.82 Å². The molecule has 0 fully saturated rings. The molecule has 2 N–H and O–H groups in total. The van der Waals surface area contributed by atoms with Crippen LogP contribution in [0.3, 0.4) is 0 Å². The number of methoxy groups -OCH3 is 1. The van der Waals surface area contributed by atoms with Crippen molar-refractivity contribution in [1.29, 1.82) is 0 Å². The molecule has 0 saturated heterocycles. The summed E-state index contributed by atoms with van der Waals surface area (Å²) >= 11 is 2.96. The van der Waals surface area contributed by atoms with Crippen molar-refractivity contribution in [2.75, 3.05) is 12.4 Å². The van der Waals surface area contributed by atoms with E-state index >= 15 is 0 Å². The summed E-state index contributed by atoms with van der Waals surface area (Å²) in [6, 6.07) is 10.1. The van der Waals surface area contributed by atoms with Crippen molar-refractivity contribution in [3.63, 3.8) is 0 Å². The molecule has 6 heteroatoms. The maximum Gasteiger partial charge on any atom is 0.336 e. The van der Waals surface area contributed by atoms with E-state index in [9.17, 15) is 9.18 Å². The Bertz CT molecular complexity index is 676. The quantitative estimate of drug-likeness (QED) is 0.855. The fraction of sp³-hybridized carbons (Fsp3) is 0.133. The molecule has 0 radical (unpaired) electrons. The fourth-order valence-electron chi connectivity index (χ4n) is 1.83. The van der Waals surface area contributed by atoms with Crippen LogP contribution in [-0.4, -0.2) is 18.2 Å². The maximum atomic E-state index is 14.1. The third kappa shape index (κ3) is 3.52. The average molecular weight is 354 g/mol. The molecule has 0 amide bonds. The molecule has 0 spiro atoms. The summed E-state index contributed by atoms with van der Waals surface area (Å²) in [6.07, 6.45) is 0. The molecule has 0 aliphatic heterocycles. The van der Waals surface area contributed by atoms with Crippen molar-refractivity contribution in [3.8, 4) is 5.75 Å². The third-order valence-corrected chi connectivity index (χ3v) is 3.71. The zero-order chi connectivity index (χ0) is 15.4. The highest BCUT2D eigenvalue weighted by Crippen LogP contribution is 2.27. The predicted molar refractivity (Wildman–Crippen MR) is 81.4 cm³/mol. The first-order valence-electron chi connectivity index (χ1n) is 6.11. The lowest BCUT2D eigenvalue weighted by Gasteiger charge is -2.11. The average Bonchev–Trinajstić information content (AvgIpc) is 2.48. The Labute approximate surface area is 129 Å². The van der Waals surface area contributed by atoms with E-state index in [4.69, 9.17) is 9.84 Å². The molecule has 0 bridgehead atoms. The molecule has 2 aromatic carbocycles. The Morgan fingerprint density at radius 1 is 1.38 bits per heavy atom. The molecule has 2 aromatic rings. The van der Waals surface area contributed by atoms with Crippen LogP contribution in [0.2, 0.25) is 0 Å². The van der Waals surface area contributed by atoms with Gasteiger partial charge in [-0.25, -0.2) is 9.18 Å². The number of ether oxygens (including phenoxy) is 1. The molecule has 0 heterocycles. The number of anilines is 1. The van der Waals surface area contributed by atoms with Gasteiger partial charge in [0.1, 0.15) is 5.75 Å². The molecular weight excluding hydrogens is 341 g/mol. The lowest BCUT2D eigenvalue weighted by atomic mass is 10.1. The lowest BCUT2D eigenvalue weighted by molar-refractivity contribution is 0.0695. The Kier molecular flexibility index (Phi) is 4.80. The molecule has 0 aliphatic carbocycles. The van der Waals surface area contributed by atoms with Gasteiger partial charge in [0.2, 0.25) is 0 Å². The van der Waals surface area contributed by atoms with Crippen LogP contribution in [-0.2, 0) is 6.54 Å². The summed E-state index contributed by atoms with van der Waals surface area (Å²) < 4.78 is 19.1. The number of benzene rings is 2. The second kappa shape index (κ2) is 6.58. The van der Waals surface area contributed by atoms with Crippen molar-refractivity contribution in [1.82, 2.24) is 0 Å². The number of aromatic carboxylic acids is 1. The normalized spacial score (nSPS) is 10.2. The standard InChI is InChI=1S/C15H13BrFNO3/c1-21-10-4-2-3-9(7-10)8-18-12-6-5-11(15(19)20)13(16)14(12)17/h2-7,18H,8H2,1H3,(H,19,20). The van der Waals surface area contributed by atoms with E-state index in [2.05, 4.69) is 21.2 Å². The number of rotatable bonds is 5. The van der Waals surface area contributed by atoms with Crippen LogP contribution >= 0.6 is 15.9 Å². The third-order valence-electron chi connectivity index (χ3n) is 2.93. The van der Waals surface area contributed by atoms with Crippen LogP contribution in [0.4, 0.5) is 10.1 Å². The zero-order valence-electron chi connectivity index (χ0n) is 11.2. The first kappa shape index (κ1) is 15.3. The topological polar surface area (TPSA) is 58.6 Å². The Balaban J connectivity index is 2.17. The van der Waals surface area contributed by atoms with Crippen LogP contribution in [0.25, 0.3) is 0 Å². The van der Waals surface area contributed by atoms with Gasteiger partial charge in [0.15, 0.2) is 5.82 Å². The van der Waals surface area contributed by atoms with Gasteiger partial charge in [-0.15, -0.1) is 0 Å². The monoisotopic (exact) mass is 353 g/mol. The van der Waals surface area contributed by atoms with Crippen LogP contribution in [0.5, 0.6) is 5.75 Å². The first-order valence-corrected chi connectivity index (χ1v) is 6.90. The smallest absolute Gasteiger partial charge is 0.336 e. The minimum absolute atomic E-state index is 0.0642. The van der Waals surface area contributed by atoms with Crippen LogP contribution in [0.15, 0.2) is 40.9 Å². The van der Waals surface area contributed by atoms with Gasteiger partial charge in [-0.1, -0.05) is 12.1 Å². The second-order valence-corrected chi connectivity index (χ2v) is 5.09. The predicted octanol–water partition coefficient (Wildman–Crippen LogP) is 3.91. The summed E-state index contributed by atoms with van der Waals surface area (Å²) in [7, 11) is 1.58. The maximum absolute atomic E-state index is 14.1. The van der Waals surface area contributed by atoms with Gasteiger partial charge >= 0.3 is 5.97 Å². The highest BCUT2D eigenvalue weighted by Gasteiger charge is 2.15. The van der Waals surface area contributed by atoms with E-state index in [1.165, 1.54) is 12.1 Å². The van der Waals surface area contributed by atoms with Gasteiger partial charge in [-0.05, 0) is 45.8 Å². The minimum Gasteiger partial charge on any atom is -0.497 e. The van der Waals surface area contributed by atoms with Crippen LogP contribution < -0.4 is 10.1 Å². The van der Waals surface area contributed by atoms with Gasteiger partial charge in [-0.3, -0.25) is 0 Å². The van der Waals surface area contributed by atoms with E-state index in [0.29, 0.717) is 6.54 Å². The Morgan fingerprint density at radius 3 is 2.81 bits per heavy atom. The van der Waals surface area contributed by atoms with E-state index in [-0.39, 0.29) is 15.7 Å². The number of carbonyl (C=O) groups is 1. The Morgan fingerprint density at radius 2 is 2.14 bits per heavy atom. The lowest BCUT2D eigenvalue weighted by Crippen LogP contribution is -2.05. The van der Waals surface area contributed by atoms with Gasteiger partial charge < -0.3 is 15.2 Å². The van der Waals surface area contributed by atoms with E-state index in [1.807, 2.05) is 24.3 Å². The van der Waals surface area contributed by atoms with Crippen LogP contribution in [0.1, 0.15) is 15.9 Å². The zero-order valence-corrected chi connectivity index (χ0v) is 12.8. The number of hydrogen-bond donors (Lipinski definition) is 2. The van der Waals surface area contributed by atoms with Gasteiger partial charge in [0, 0.05) is 6.54 Å². The molecule has 0 aromatic heterocycles. The number of carboxylic acids is 1. The first-order chi connectivity index (χ1) is 10.0. The van der Waals surface area contributed by atoms with E-state index in [1.54, 1.807) is 7.11 Å². The van der Waals surface area contributed by atoms with Gasteiger partial charge in [-0.2, -0.15) is 0 Å². The summed E-state index contributed by atoms with van der Waals surface area (Å²) in [6.45, 7) is 0.396. The molecular formula is C15H13BrFNO3. The van der Waals surface area contributed by atoms with Crippen molar-refractivity contribution in [2.24, 2.45) is 0 Å². The molecule has 110 valence electrons. The largest absolute Gasteiger partial charge is 0.497 e. The number of carboxylic acid groups (broad SMARTS) is 1. The molecule has 2 rings (SSSR count). The number of hydrogen-bond acceptors (Lipinski definition) is 3. The summed E-state index contributed by atoms with van der Waals surface area (Å²) in [5.74, 6) is -1.09. The molecule has 21 heavy (non-hydrogen) atoms. The summed E-state index contributed by atoms with van der Waals surface area (Å²) in [5, 5.41) is 11.8. The van der Waals surface area contributed by atoms with Crippen molar-refractivity contribution < 1.29 is 19.0 Å². The van der Waals surface area contributed by atoms with E-state index in [0.717, 1.165) is 11.3 Å². The van der Waals surface area contributed by atoms with Gasteiger partial charge in [0.05, 0.1) is 22.8 Å². The number of halogens is 2. The molecule has 0 saturated carbocycles. The highest BCUT2D eigenvalue weighted by atomic mass is 79.9. The second-order valence-electron chi connectivity index (χ2n) is 4.30. The minimum atomic E-state index is -1.18. The number of nitrogens with one attached hydrogen (secondary N) is 1. The summed E-state index contributed by atoms with van der Waals surface area (Å²) in [4.78, 5) is 10.9. The van der Waals surface area contributed by atoms with Gasteiger partial charge in [0.25, 0.3) is 0 Å². The Hall–Kier alpha value is -2.08. The summed E-state index contributed by atoms with van der Waals surface area (Å²) in [5.41, 5.74) is 1.04. The highest BCUT2D eigenvalue weighted by molar-refractivity contribution is 9.10. The van der Waals surface area contributed by atoms with Crippen molar-refractivity contribution in [2.45, 2.75) is 6.54 Å². The van der Waals surface area contributed by atoms with E-state index < -0.39 is 11.8 Å². The van der Waals surface area contributed by atoms with Crippen molar-refractivity contribution in [3.05, 3.63) is 57.8 Å².